The molecule has 0 aromatic heterocycles. The Bertz CT molecular complexity index is 262. The fourth-order valence-electron chi connectivity index (χ4n) is 2.87. The van der Waals surface area contributed by atoms with Gasteiger partial charge in [-0.15, -0.1) is 0 Å². The smallest absolute Gasteiger partial charge is 0.191 e. The van der Waals surface area contributed by atoms with Gasteiger partial charge in [-0.2, -0.15) is 0 Å². The molecule has 1 saturated carbocycles. The zero-order valence-corrected chi connectivity index (χ0v) is 10.8. The van der Waals surface area contributed by atoms with Crippen molar-refractivity contribution in [3.63, 3.8) is 0 Å². The van der Waals surface area contributed by atoms with Gasteiger partial charge in [0.2, 0.25) is 0 Å². The minimum atomic E-state index is 0.505. The van der Waals surface area contributed by atoms with E-state index in [1.807, 2.05) is 0 Å². The van der Waals surface area contributed by atoms with Gasteiger partial charge in [0.05, 0.1) is 6.54 Å². The van der Waals surface area contributed by atoms with E-state index in [0.717, 1.165) is 36.8 Å². The van der Waals surface area contributed by atoms with E-state index in [1.165, 1.54) is 19.3 Å². The van der Waals surface area contributed by atoms with E-state index in [4.69, 9.17) is 0 Å². The number of guanidine groups is 1. The quantitative estimate of drug-likeness (QED) is 0.751. The number of nitrogens with zero attached hydrogens (tertiary/aromatic N) is 1. The maximum atomic E-state index is 4.44. The molecule has 4 unspecified atom stereocenters. The third kappa shape index (κ3) is 2.69. The largest absolute Gasteiger partial charge is 0.356 e. The van der Waals surface area contributed by atoms with Crippen LogP contribution in [0.4, 0.5) is 0 Å². The van der Waals surface area contributed by atoms with E-state index in [-0.39, 0.29) is 0 Å². The molecule has 2 rings (SSSR count). The Balaban J connectivity index is 1.77. The van der Waals surface area contributed by atoms with Crippen molar-refractivity contribution in [3.8, 4) is 0 Å². The summed E-state index contributed by atoms with van der Waals surface area (Å²) in [5, 5.41) is 6.83. The van der Waals surface area contributed by atoms with Crippen LogP contribution in [0.15, 0.2) is 4.99 Å². The topological polar surface area (TPSA) is 36.4 Å². The first-order valence-corrected chi connectivity index (χ1v) is 6.71. The highest BCUT2D eigenvalue weighted by Crippen LogP contribution is 2.33. The van der Waals surface area contributed by atoms with Crippen molar-refractivity contribution in [2.75, 3.05) is 13.1 Å². The summed E-state index contributed by atoms with van der Waals surface area (Å²) in [6.45, 7) is 8.97. The molecule has 0 saturated heterocycles. The number of hydrogen-bond acceptors (Lipinski definition) is 3. The number of nitrogens with one attached hydrogen (secondary N) is 2. The van der Waals surface area contributed by atoms with Gasteiger partial charge in [0.15, 0.2) is 5.96 Å². The minimum Gasteiger partial charge on any atom is -0.356 e. The van der Waals surface area contributed by atoms with Crippen molar-refractivity contribution in [2.45, 2.75) is 46.1 Å². The summed E-state index contributed by atoms with van der Waals surface area (Å²) in [5.41, 5.74) is 0. The summed E-state index contributed by atoms with van der Waals surface area (Å²) in [6.07, 6.45) is 4.18. The monoisotopic (exact) mass is 223 g/mol. The van der Waals surface area contributed by atoms with Crippen LogP contribution in [-0.2, 0) is 0 Å². The van der Waals surface area contributed by atoms with E-state index >= 15 is 0 Å². The van der Waals surface area contributed by atoms with Crippen LogP contribution in [0.5, 0.6) is 0 Å². The molecule has 1 fully saturated rings. The predicted molar refractivity (Wildman–Crippen MR) is 68.6 cm³/mol. The number of aliphatic imine (C=N–C) groups is 1. The first kappa shape index (κ1) is 11.7. The van der Waals surface area contributed by atoms with E-state index in [0.29, 0.717) is 6.04 Å². The molecule has 0 spiro atoms. The first-order chi connectivity index (χ1) is 7.66. The normalized spacial score (nSPS) is 39.1. The Labute approximate surface area is 99.1 Å². The Morgan fingerprint density at radius 2 is 2.12 bits per heavy atom. The lowest BCUT2D eigenvalue weighted by molar-refractivity contribution is 0.183. The zero-order valence-electron chi connectivity index (χ0n) is 10.8. The Hall–Kier alpha value is -0.730. The molecule has 1 aliphatic heterocycles. The van der Waals surface area contributed by atoms with Gasteiger partial charge in [-0.05, 0) is 31.1 Å². The van der Waals surface area contributed by atoms with Gasteiger partial charge in [-0.3, -0.25) is 4.99 Å². The zero-order chi connectivity index (χ0) is 11.5. The average Bonchev–Trinajstić information content (AvgIpc) is 2.67. The molecule has 92 valence electrons. The van der Waals surface area contributed by atoms with Crippen LogP contribution in [0.2, 0.25) is 0 Å². The molecule has 2 N–H and O–H groups in total. The van der Waals surface area contributed by atoms with Crippen molar-refractivity contribution < 1.29 is 0 Å². The highest BCUT2D eigenvalue weighted by molar-refractivity contribution is 5.81. The molecule has 1 heterocycles. The van der Waals surface area contributed by atoms with Crippen LogP contribution in [0.3, 0.4) is 0 Å². The fraction of sp³-hybridized carbons (Fsp3) is 0.923. The summed E-state index contributed by atoms with van der Waals surface area (Å²) in [4.78, 5) is 4.44. The lowest BCUT2D eigenvalue weighted by Crippen LogP contribution is -2.42. The predicted octanol–water partition coefficient (Wildman–Crippen LogP) is 2.00. The minimum absolute atomic E-state index is 0.505. The van der Waals surface area contributed by atoms with Crippen molar-refractivity contribution in [2.24, 2.45) is 22.7 Å². The second kappa shape index (κ2) is 5.07. The lowest BCUT2D eigenvalue weighted by Gasteiger charge is -2.34. The summed E-state index contributed by atoms with van der Waals surface area (Å²) in [6, 6.07) is 0.505. The second-order valence-corrected chi connectivity index (χ2v) is 5.64. The molecule has 0 amide bonds. The van der Waals surface area contributed by atoms with Crippen molar-refractivity contribution in [1.29, 1.82) is 0 Å². The van der Waals surface area contributed by atoms with Gasteiger partial charge in [-0.25, -0.2) is 0 Å². The van der Waals surface area contributed by atoms with Gasteiger partial charge in [0.1, 0.15) is 0 Å². The Morgan fingerprint density at radius 3 is 2.81 bits per heavy atom. The maximum Gasteiger partial charge on any atom is 0.191 e. The molecule has 0 bridgehead atoms. The summed E-state index contributed by atoms with van der Waals surface area (Å²) in [7, 11) is 0. The van der Waals surface area contributed by atoms with Crippen LogP contribution < -0.4 is 10.6 Å². The molecule has 4 atom stereocenters. The standard InChI is InChI=1S/C13H25N3/c1-9-5-4-6-12(11(9)3)8-15-13-14-7-10(2)16-13/h9-12H,4-8H2,1-3H3,(H2,14,15,16). The van der Waals surface area contributed by atoms with E-state index in [9.17, 15) is 0 Å². The number of rotatable bonds is 2. The molecule has 3 nitrogen and oxygen atoms in total. The van der Waals surface area contributed by atoms with E-state index in [2.05, 4.69) is 36.4 Å². The van der Waals surface area contributed by atoms with Crippen LogP contribution in [-0.4, -0.2) is 25.1 Å². The SMILES string of the molecule is CC1CN=C(NCC2CCCC(C)C2C)N1. The molecular formula is C13H25N3. The summed E-state index contributed by atoms with van der Waals surface area (Å²) < 4.78 is 0. The Morgan fingerprint density at radius 1 is 1.31 bits per heavy atom. The molecular weight excluding hydrogens is 198 g/mol. The van der Waals surface area contributed by atoms with Crippen LogP contribution in [0.25, 0.3) is 0 Å². The van der Waals surface area contributed by atoms with Crippen molar-refractivity contribution >= 4 is 5.96 Å². The second-order valence-electron chi connectivity index (χ2n) is 5.64. The molecule has 0 radical (unpaired) electrons. The lowest BCUT2D eigenvalue weighted by atomic mass is 9.74. The average molecular weight is 223 g/mol. The summed E-state index contributed by atoms with van der Waals surface area (Å²) >= 11 is 0. The van der Waals surface area contributed by atoms with Crippen LogP contribution in [0.1, 0.15) is 40.0 Å². The molecule has 1 aliphatic carbocycles. The van der Waals surface area contributed by atoms with Crippen molar-refractivity contribution in [1.82, 2.24) is 10.6 Å². The van der Waals surface area contributed by atoms with E-state index < -0.39 is 0 Å². The fourth-order valence-corrected chi connectivity index (χ4v) is 2.87. The van der Waals surface area contributed by atoms with Gasteiger partial charge < -0.3 is 10.6 Å². The highest BCUT2D eigenvalue weighted by atomic mass is 15.2. The molecule has 2 aliphatic rings. The summed E-state index contributed by atoms with van der Waals surface area (Å²) in [5.74, 6) is 3.57. The molecule has 16 heavy (non-hydrogen) atoms. The molecule has 0 aromatic rings. The number of hydrogen-bond donors (Lipinski definition) is 2. The third-order valence-corrected chi connectivity index (χ3v) is 4.31. The molecule has 0 aromatic carbocycles. The first-order valence-electron chi connectivity index (χ1n) is 6.71. The third-order valence-electron chi connectivity index (χ3n) is 4.31. The highest BCUT2D eigenvalue weighted by Gasteiger charge is 2.27. The van der Waals surface area contributed by atoms with Gasteiger partial charge in [0.25, 0.3) is 0 Å². The van der Waals surface area contributed by atoms with Crippen LogP contribution >= 0.6 is 0 Å². The van der Waals surface area contributed by atoms with Gasteiger partial charge in [-0.1, -0.05) is 26.7 Å². The van der Waals surface area contributed by atoms with E-state index in [1.54, 1.807) is 0 Å². The molecule has 3 heteroatoms. The van der Waals surface area contributed by atoms with Crippen LogP contribution in [0, 0.1) is 17.8 Å². The maximum absolute atomic E-state index is 4.44. The van der Waals surface area contributed by atoms with Crippen molar-refractivity contribution in [3.05, 3.63) is 0 Å². The Kier molecular flexibility index (Phi) is 3.72. The van der Waals surface area contributed by atoms with Gasteiger partial charge in [0, 0.05) is 12.6 Å². The van der Waals surface area contributed by atoms with Gasteiger partial charge >= 0.3 is 0 Å².